The summed E-state index contributed by atoms with van der Waals surface area (Å²) in [5.74, 6) is 0. The zero-order valence-corrected chi connectivity index (χ0v) is 11.3. The molecule has 1 rings (SSSR count). The van der Waals surface area contributed by atoms with Gasteiger partial charge < -0.3 is 5.11 Å². The van der Waals surface area contributed by atoms with E-state index in [1.54, 1.807) is 0 Å². The molecule has 1 aromatic rings. The zero-order chi connectivity index (χ0) is 12.4. The third kappa shape index (κ3) is 3.23. The molecule has 90 valence electrons. The first kappa shape index (κ1) is 13.5. The second kappa shape index (κ2) is 4.77. The third-order valence-electron chi connectivity index (χ3n) is 2.77. The molecule has 0 aliphatic rings. The molecule has 0 aliphatic carbocycles. The maximum Gasteiger partial charge on any atom is 0.164 e. The highest BCUT2D eigenvalue weighted by Crippen LogP contribution is 2.32. The number of halogens is 1. The normalized spacial score (nSPS) is 15.9. The summed E-state index contributed by atoms with van der Waals surface area (Å²) >= 11 is 6.08. The van der Waals surface area contributed by atoms with Crippen molar-refractivity contribution in [1.82, 2.24) is 0 Å². The molecule has 0 aromatic heterocycles. The Balaban J connectivity index is 2.95. The van der Waals surface area contributed by atoms with Crippen molar-refractivity contribution in [2.45, 2.75) is 51.0 Å². The Morgan fingerprint density at radius 2 is 1.50 bits per heavy atom. The van der Waals surface area contributed by atoms with Gasteiger partial charge in [-0.05, 0) is 23.0 Å². The monoisotopic (exact) mass is 240 g/mol. The molecule has 0 aliphatic heterocycles. The molecule has 0 fully saturated rings. The van der Waals surface area contributed by atoms with Crippen LogP contribution in [0.1, 0.15) is 51.7 Å². The van der Waals surface area contributed by atoms with Crippen LogP contribution in [0.3, 0.4) is 0 Å². The number of benzene rings is 1. The van der Waals surface area contributed by atoms with E-state index >= 15 is 0 Å². The van der Waals surface area contributed by atoms with E-state index in [-0.39, 0.29) is 5.41 Å². The number of hydrogen-bond acceptors (Lipinski definition) is 1. The van der Waals surface area contributed by atoms with Gasteiger partial charge in [0.1, 0.15) is 0 Å². The Kier molecular flexibility index (Phi) is 4.03. The van der Waals surface area contributed by atoms with E-state index in [0.29, 0.717) is 6.42 Å². The maximum absolute atomic E-state index is 10.0. The topological polar surface area (TPSA) is 20.2 Å². The fourth-order valence-corrected chi connectivity index (χ4v) is 2.02. The summed E-state index contributed by atoms with van der Waals surface area (Å²) in [6.07, 6.45) is 1.43. The van der Waals surface area contributed by atoms with Crippen molar-refractivity contribution >= 4 is 11.6 Å². The van der Waals surface area contributed by atoms with Gasteiger partial charge in [-0.3, -0.25) is 0 Å². The van der Waals surface area contributed by atoms with Crippen molar-refractivity contribution in [3.63, 3.8) is 0 Å². The van der Waals surface area contributed by atoms with Gasteiger partial charge in [0.2, 0.25) is 0 Å². The van der Waals surface area contributed by atoms with Crippen molar-refractivity contribution in [1.29, 1.82) is 0 Å². The van der Waals surface area contributed by atoms with E-state index in [0.717, 1.165) is 12.0 Å². The van der Waals surface area contributed by atoms with E-state index < -0.39 is 5.06 Å². The van der Waals surface area contributed by atoms with Crippen molar-refractivity contribution in [2.24, 2.45) is 0 Å². The quantitative estimate of drug-likeness (QED) is 0.787. The summed E-state index contributed by atoms with van der Waals surface area (Å²) in [5.41, 5.74) is 2.16. The van der Waals surface area contributed by atoms with E-state index in [1.807, 2.05) is 31.2 Å². The molecule has 1 aromatic carbocycles. The van der Waals surface area contributed by atoms with Crippen molar-refractivity contribution in [3.05, 3.63) is 35.4 Å². The van der Waals surface area contributed by atoms with Gasteiger partial charge in [-0.2, -0.15) is 0 Å². The van der Waals surface area contributed by atoms with E-state index in [1.165, 1.54) is 5.56 Å². The second-order valence-electron chi connectivity index (χ2n) is 5.34. The molecule has 0 heterocycles. The van der Waals surface area contributed by atoms with Crippen LogP contribution in [0.4, 0.5) is 0 Å². The lowest BCUT2D eigenvalue weighted by atomic mass is 9.86. The van der Waals surface area contributed by atoms with Gasteiger partial charge in [0.05, 0.1) is 0 Å². The van der Waals surface area contributed by atoms with Crippen LogP contribution < -0.4 is 0 Å². The van der Waals surface area contributed by atoms with Gasteiger partial charge in [-0.25, -0.2) is 0 Å². The molecule has 1 nitrogen and oxygen atoms in total. The fourth-order valence-electron chi connectivity index (χ4n) is 1.70. The lowest BCUT2D eigenvalue weighted by molar-refractivity contribution is 0.117. The van der Waals surface area contributed by atoms with Gasteiger partial charge in [0.15, 0.2) is 5.06 Å². The highest BCUT2D eigenvalue weighted by atomic mass is 35.5. The molecular formula is C14H21ClO. The van der Waals surface area contributed by atoms with Crippen molar-refractivity contribution in [2.75, 3.05) is 0 Å². The molecule has 0 spiro atoms. The van der Waals surface area contributed by atoms with Crippen LogP contribution in [0.25, 0.3) is 0 Å². The Hall–Kier alpha value is -0.530. The molecule has 1 atom stereocenters. The third-order valence-corrected chi connectivity index (χ3v) is 3.18. The molecule has 0 bridgehead atoms. The standard InChI is InChI=1S/C14H21ClO/c1-5-10-14(15,16)12-8-6-11(7-9-12)13(2,3)4/h6-9,16H,5,10H2,1-4H3. The minimum atomic E-state index is -1.22. The van der Waals surface area contributed by atoms with Crippen molar-refractivity contribution in [3.8, 4) is 0 Å². The molecule has 1 unspecified atom stereocenters. The summed E-state index contributed by atoms with van der Waals surface area (Å²) in [4.78, 5) is 0. The van der Waals surface area contributed by atoms with Crippen LogP contribution in [0.2, 0.25) is 0 Å². The first-order valence-corrected chi connectivity index (χ1v) is 6.17. The Morgan fingerprint density at radius 3 is 1.88 bits per heavy atom. The summed E-state index contributed by atoms with van der Waals surface area (Å²) in [7, 11) is 0. The smallest absolute Gasteiger partial charge is 0.164 e. The Bertz CT molecular complexity index is 333. The zero-order valence-electron chi connectivity index (χ0n) is 10.5. The maximum atomic E-state index is 10.0. The summed E-state index contributed by atoms with van der Waals surface area (Å²) in [6.45, 7) is 8.51. The first-order valence-electron chi connectivity index (χ1n) is 5.79. The highest BCUT2D eigenvalue weighted by Gasteiger charge is 2.25. The van der Waals surface area contributed by atoms with Crippen LogP contribution in [0, 0.1) is 0 Å². The Labute approximate surface area is 103 Å². The average molecular weight is 241 g/mol. The van der Waals surface area contributed by atoms with Gasteiger partial charge in [0, 0.05) is 0 Å². The minimum Gasteiger partial charge on any atom is -0.371 e. The largest absolute Gasteiger partial charge is 0.371 e. The highest BCUT2D eigenvalue weighted by molar-refractivity contribution is 6.22. The van der Waals surface area contributed by atoms with Crippen LogP contribution >= 0.6 is 11.6 Å². The molecular weight excluding hydrogens is 220 g/mol. The van der Waals surface area contributed by atoms with Crippen molar-refractivity contribution < 1.29 is 5.11 Å². The molecule has 0 amide bonds. The molecule has 0 saturated carbocycles. The second-order valence-corrected chi connectivity index (χ2v) is 5.96. The molecule has 0 radical (unpaired) electrons. The molecule has 2 heteroatoms. The summed E-state index contributed by atoms with van der Waals surface area (Å²) in [5, 5.41) is 8.83. The van der Waals surface area contributed by atoms with E-state index in [9.17, 15) is 5.11 Å². The van der Waals surface area contributed by atoms with Crippen LogP contribution in [-0.2, 0) is 10.5 Å². The van der Waals surface area contributed by atoms with E-state index in [2.05, 4.69) is 20.8 Å². The minimum absolute atomic E-state index is 0.133. The van der Waals surface area contributed by atoms with Gasteiger partial charge in [-0.15, -0.1) is 0 Å². The fraction of sp³-hybridized carbons (Fsp3) is 0.571. The Morgan fingerprint density at radius 1 is 1.06 bits per heavy atom. The molecule has 0 saturated heterocycles. The van der Waals surface area contributed by atoms with Gasteiger partial charge in [0.25, 0.3) is 0 Å². The summed E-state index contributed by atoms with van der Waals surface area (Å²) in [6, 6.07) is 7.92. The number of aliphatic hydroxyl groups is 1. The summed E-state index contributed by atoms with van der Waals surface area (Å²) < 4.78 is 0. The number of alkyl halides is 1. The van der Waals surface area contributed by atoms with Crippen LogP contribution in [-0.4, -0.2) is 5.11 Å². The van der Waals surface area contributed by atoms with Crippen LogP contribution in [0.15, 0.2) is 24.3 Å². The predicted octanol–water partition coefficient (Wildman–Crippen LogP) is 4.17. The lowest BCUT2D eigenvalue weighted by Gasteiger charge is -2.23. The molecule has 1 N–H and O–H groups in total. The first-order chi connectivity index (χ1) is 7.27. The van der Waals surface area contributed by atoms with E-state index in [4.69, 9.17) is 11.6 Å². The predicted molar refractivity (Wildman–Crippen MR) is 69.8 cm³/mol. The van der Waals surface area contributed by atoms with Crippen LogP contribution in [0.5, 0.6) is 0 Å². The average Bonchev–Trinajstić information content (AvgIpc) is 2.16. The number of hydrogen-bond donors (Lipinski definition) is 1. The lowest BCUT2D eigenvalue weighted by Crippen LogP contribution is -2.18. The SMILES string of the molecule is CCCC(O)(Cl)c1ccc(C(C)(C)C)cc1. The van der Waals surface area contributed by atoms with Gasteiger partial charge in [-0.1, -0.05) is 70.0 Å². The molecule has 16 heavy (non-hydrogen) atoms. The number of rotatable bonds is 3. The van der Waals surface area contributed by atoms with Gasteiger partial charge >= 0.3 is 0 Å².